The Morgan fingerprint density at radius 2 is 1.87 bits per heavy atom. The molecule has 15 heavy (non-hydrogen) atoms. The molecule has 1 aromatic rings. The van der Waals surface area contributed by atoms with E-state index >= 15 is 0 Å². The van der Waals surface area contributed by atoms with Crippen LogP contribution in [-0.4, -0.2) is 25.4 Å². The molecule has 0 aliphatic heterocycles. The van der Waals surface area contributed by atoms with Gasteiger partial charge < -0.3 is 5.11 Å². The molecule has 0 aromatic heterocycles. The van der Waals surface area contributed by atoms with Crippen LogP contribution in [0.1, 0.15) is 19.8 Å². The molecule has 1 N–H and O–H groups in total. The molecule has 84 valence electrons. The fourth-order valence-corrected chi connectivity index (χ4v) is 2.83. The quantitative estimate of drug-likeness (QED) is 0.833. The van der Waals surface area contributed by atoms with Crippen molar-refractivity contribution in [1.29, 1.82) is 0 Å². The van der Waals surface area contributed by atoms with E-state index in [0.717, 1.165) is 6.42 Å². The van der Waals surface area contributed by atoms with Crippen LogP contribution in [0.4, 0.5) is 0 Å². The van der Waals surface area contributed by atoms with E-state index in [4.69, 9.17) is 0 Å². The zero-order valence-electron chi connectivity index (χ0n) is 8.76. The van der Waals surface area contributed by atoms with Gasteiger partial charge in [-0.1, -0.05) is 31.5 Å². The molecule has 0 saturated heterocycles. The van der Waals surface area contributed by atoms with Crippen molar-refractivity contribution in [2.24, 2.45) is 0 Å². The molecule has 1 atom stereocenters. The second-order valence-electron chi connectivity index (χ2n) is 3.54. The summed E-state index contributed by atoms with van der Waals surface area (Å²) in [5.74, 6) is -0.190. The maximum atomic E-state index is 11.8. The van der Waals surface area contributed by atoms with Crippen molar-refractivity contribution in [3.63, 3.8) is 0 Å². The van der Waals surface area contributed by atoms with Crippen LogP contribution >= 0.6 is 0 Å². The summed E-state index contributed by atoms with van der Waals surface area (Å²) >= 11 is 0. The first-order valence-electron chi connectivity index (χ1n) is 5.02. The van der Waals surface area contributed by atoms with Crippen molar-refractivity contribution < 1.29 is 13.5 Å². The highest BCUT2D eigenvalue weighted by atomic mass is 32.2. The number of sulfone groups is 1. The Morgan fingerprint density at radius 3 is 2.40 bits per heavy atom. The molecule has 0 amide bonds. The SMILES string of the molecule is CCCC(O)CS(=O)(=O)c1ccccc1. The predicted molar refractivity (Wildman–Crippen MR) is 59.4 cm³/mol. The summed E-state index contributed by atoms with van der Waals surface area (Å²) in [6, 6.07) is 8.22. The second-order valence-corrected chi connectivity index (χ2v) is 5.57. The number of aliphatic hydroxyl groups is 1. The van der Waals surface area contributed by atoms with E-state index in [1.807, 2.05) is 6.92 Å². The van der Waals surface area contributed by atoms with Crippen molar-refractivity contribution in [2.45, 2.75) is 30.8 Å². The Kier molecular flexibility index (Phi) is 4.29. The Balaban J connectivity index is 2.77. The van der Waals surface area contributed by atoms with Gasteiger partial charge in [0.25, 0.3) is 0 Å². The van der Waals surface area contributed by atoms with E-state index in [0.29, 0.717) is 6.42 Å². The summed E-state index contributed by atoms with van der Waals surface area (Å²) < 4.78 is 23.5. The highest BCUT2D eigenvalue weighted by molar-refractivity contribution is 7.91. The molecule has 3 nitrogen and oxygen atoms in total. The Labute approximate surface area is 90.7 Å². The number of hydrogen-bond acceptors (Lipinski definition) is 3. The first-order valence-corrected chi connectivity index (χ1v) is 6.67. The van der Waals surface area contributed by atoms with Crippen LogP contribution in [0.2, 0.25) is 0 Å². The Bertz CT molecular complexity index is 384. The lowest BCUT2D eigenvalue weighted by Crippen LogP contribution is -2.20. The van der Waals surface area contributed by atoms with Crippen molar-refractivity contribution in [2.75, 3.05) is 5.75 Å². The summed E-state index contributed by atoms with van der Waals surface area (Å²) in [7, 11) is -3.33. The third-order valence-electron chi connectivity index (χ3n) is 2.14. The van der Waals surface area contributed by atoms with Crippen LogP contribution in [0.3, 0.4) is 0 Å². The van der Waals surface area contributed by atoms with Crippen molar-refractivity contribution >= 4 is 9.84 Å². The van der Waals surface area contributed by atoms with E-state index in [9.17, 15) is 13.5 Å². The molecule has 4 heteroatoms. The van der Waals surface area contributed by atoms with Gasteiger partial charge in [-0.25, -0.2) is 8.42 Å². The summed E-state index contributed by atoms with van der Waals surface area (Å²) in [6.07, 6.45) is 0.539. The maximum Gasteiger partial charge on any atom is 0.180 e. The van der Waals surface area contributed by atoms with E-state index in [1.165, 1.54) is 0 Å². The molecule has 0 saturated carbocycles. The second kappa shape index (κ2) is 5.28. The third kappa shape index (κ3) is 3.64. The van der Waals surface area contributed by atoms with Gasteiger partial charge in [-0.05, 0) is 18.6 Å². The van der Waals surface area contributed by atoms with Crippen LogP contribution < -0.4 is 0 Å². The fourth-order valence-electron chi connectivity index (χ4n) is 1.39. The summed E-state index contributed by atoms with van der Waals surface area (Å²) in [4.78, 5) is 0.278. The lowest BCUT2D eigenvalue weighted by molar-refractivity contribution is 0.186. The van der Waals surface area contributed by atoms with Crippen LogP contribution in [0, 0.1) is 0 Å². The molecule has 0 spiro atoms. The Morgan fingerprint density at radius 1 is 1.27 bits per heavy atom. The normalized spacial score (nSPS) is 13.7. The number of aliphatic hydroxyl groups excluding tert-OH is 1. The van der Waals surface area contributed by atoms with Crippen LogP contribution in [0.25, 0.3) is 0 Å². The van der Waals surface area contributed by atoms with Gasteiger partial charge >= 0.3 is 0 Å². The zero-order chi connectivity index (χ0) is 11.3. The maximum absolute atomic E-state index is 11.8. The summed E-state index contributed by atoms with van der Waals surface area (Å²) in [5.41, 5.74) is 0. The highest BCUT2D eigenvalue weighted by Crippen LogP contribution is 2.12. The van der Waals surface area contributed by atoms with Gasteiger partial charge in [0, 0.05) is 0 Å². The molecule has 0 fully saturated rings. The number of hydrogen-bond donors (Lipinski definition) is 1. The van der Waals surface area contributed by atoms with E-state index in [2.05, 4.69) is 0 Å². The minimum Gasteiger partial charge on any atom is -0.392 e. The number of benzene rings is 1. The summed E-state index contributed by atoms with van der Waals surface area (Å²) in [6.45, 7) is 1.92. The molecule has 1 aromatic carbocycles. The number of rotatable bonds is 5. The van der Waals surface area contributed by atoms with E-state index in [-0.39, 0.29) is 10.6 Å². The largest absolute Gasteiger partial charge is 0.392 e. The smallest absolute Gasteiger partial charge is 0.180 e. The average Bonchev–Trinajstić information content (AvgIpc) is 2.18. The molecular formula is C11H16O3S. The van der Waals surface area contributed by atoms with Gasteiger partial charge in [-0.2, -0.15) is 0 Å². The molecular weight excluding hydrogens is 212 g/mol. The first kappa shape index (κ1) is 12.2. The van der Waals surface area contributed by atoms with Gasteiger partial charge in [0.05, 0.1) is 16.8 Å². The lowest BCUT2D eigenvalue weighted by Gasteiger charge is -2.09. The van der Waals surface area contributed by atoms with Crippen LogP contribution in [0.5, 0.6) is 0 Å². The Hall–Kier alpha value is -0.870. The predicted octanol–water partition coefficient (Wildman–Crippen LogP) is 1.62. The van der Waals surface area contributed by atoms with Crippen molar-refractivity contribution in [1.82, 2.24) is 0 Å². The molecule has 0 aliphatic rings. The highest BCUT2D eigenvalue weighted by Gasteiger charge is 2.18. The molecule has 0 bridgehead atoms. The minimum atomic E-state index is -3.33. The third-order valence-corrected chi connectivity index (χ3v) is 3.95. The topological polar surface area (TPSA) is 54.4 Å². The monoisotopic (exact) mass is 228 g/mol. The lowest BCUT2D eigenvalue weighted by atomic mass is 10.2. The molecule has 1 unspecified atom stereocenters. The van der Waals surface area contributed by atoms with Gasteiger partial charge in [0.1, 0.15) is 0 Å². The van der Waals surface area contributed by atoms with Crippen LogP contribution in [0.15, 0.2) is 35.2 Å². The van der Waals surface area contributed by atoms with Gasteiger partial charge in [-0.3, -0.25) is 0 Å². The zero-order valence-corrected chi connectivity index (χ0v) is 9.57. The average molecular weight is 228 g/mol. The van der Waals surface area contributed by atoms with Crippen LogP contribution in [-0.2, 0) is 9.84 Å². The molecule has 0 radical (unpaired) electrons. The van der Waals surface area contributed by atoms with Gasteiger partial charge in [0.15, 0.2) is 9.84 Å². The minimum absolute atomic E-state index is 0.190. The molecule has 0 heterocycles. The van der Waals surface area contributed by atoms with E-state index < -0.39 is 15.9 Å². The fraction of sp³-hybridized carbons (Fsp3) is 0.455. The standard InChI is InChI=1S/C11H16O3S/c1-2-6-10(12)9-15(13,14)11-7-4-3-5-8-11/h3-5,7-8,10,12H,2,6,9H2,1H3. The van der Waals surface area contributed by atoms with Gasteiger partial charge in [0.2, 0.25) is 0 Å². The van der Waals surface area contributed by atoms with Crippen molar-refractivity contribution in [3.05, 3.63) is 30.3 Å². The molecule has 1 rings (SSSR count). The van der Waals surface area contributed by atoms with E-state index in [1.54, 1.807) is 30.3 Å². The van der Waals surface area contributed by atoms with Gasteiger partial charge in [-0.15, -0.1) is 0 Å². The molecule has 0 aliphatic carbocycles. The first-order chi connectivity index (χ1) is 7.06. The summed E-state index contributed by atoms with van der Waals surface area (Å²) in [5, 5.41) is 9.47. The van der Waals surface area contributed by atoms with Crippen molar-refractivity contribution in [3.8, 4) is 0 Å².